The standard InChI is InChI=1S/C16H25N3O/c1-2-8-17-16-11-15(18-20-16)14-6-9-19(10-7-14)12-13-4-3-5-13/h11-12,14,17H,2-10H2,1H3. The number of aromatic nitrogens is 1. The zero-order valence-electron chi connectivity index (χ0n) is 12.4. The Balaban J connectivity index is 1.51. The van der Waals surface area contributed by atoms with E-state index < -0.39 is 0 Å². The van der Waals surface area contributed by atoms with Crippen LogP contribution in [-0.4, -0.2) is 29.7 Å². The molecule has 1 N–H and O–H groups in total. The van der Waals surface area contributed by atoms with Crippen LogP contribution in [0, 0.1) is 0 Å². The number of nitrogens with zero attached hydrogens (tertiary/aromatic N) is 2. The molecule has 2 aliphatic rings. The number of hydrogen-bond donors (Lipinski definition) is 1. The van der Waals surface area contributed by atoms with Crippen molar-refractivity contribution in [3.8, 4) is 0 Å². The third-order valence-corrected chi connectivity index (χ3v) is 4.39. The lowest BCUT2D eigenvalue weighted by Crippen LogP contribution is -2.29. The fraction of sp³-hybridized carbons (Fsp3) is 0.688. The highest BCUT2D eigenvalue weighted by molar-refractivity contribution is 5.32. The number of allylic oxidation sites excluding steroid dienone is 1. The highest BCUT2D eigenvalue weighted by Gasteiger charge is 2.23. The highest BCUT2D eigenvalue weighted by atomic mass is 16.5. The van der Waals surface area contributed by atoms with Crippen molar-refractivity contribution in [1.82, 2.24) is 10.1 Å². The second-order valence-electron chi connectivity index (χ2n) is 5.99. The number of hydrogen-bond acceptors (Lipinski definition) is 4. The molecule has 1 aliphatic heterocycles. The molecule has 0 amide bonds. The Morgan fingerprint density at radius 3 is 2.85 bits per heavy atom. The Kier molecular flexibility index (Phi) is 4.28. The van der Waals surface area contributed by atoms with Gasteiger partial charge in [-0.15, -0.1) is 0 Å². The van der Waals surface area contributed by atoms with E-state index in [0.717, 1.165) is 37.6 Å². The van der Waals surface area contributed by atoms with Gasteiger partial charge in [0.15, 0.2) is 0 Å². The van der Waals surface area contributed by atoms with Gasteiger partial charge in [0, 0.05) is 31.6 Å². The average Bonchev–Trinajstić information content (AvgIpc) is 2.90. The summed E-state index contributed by atoms with van der Waals surface area (Å²) in [6.45, 7) is 5.40. The predicted octanol–water partition coefficient (Wildman–Crippen LogP) is 3.74. The maximum absolute atomic E-state index is 5.35. The lowest BCUT2D eigenvalue weighted by Gasteiger charge is -2.32. The molecule has 0 unspecified atom stereocenters. The Morgan fingerprint density at radius 1 is 1.40 bits per heavy atom. The fourth-order valence-electron chi connectivity index (χ4n) is 2.91. The first-order valence-electron chi connectivity index (χ1n) is 7.99. The SMILES string of the molecule is CCCNc1cc(C2CCN(C=C3CCC3)CC2)no1. The second kappa shape index (κ2) is 6.33. The van der Waals surface area contributed by atoms with E-state index in [4.69, 9.17) is 4.52 Å². The maximum atomic E-state index is 5.35. The summed E-state index contributed by atoms with van der Waals surface area (Å²) in [7, 11) is 0. The molecule has 4 heteroatoms. The van der Waals surface area contributed by atoms with E-state index in [1.807, 2.05) is 0 Å². The van der Waals surface area contributed by atoms with Crippen LogP contribution in [-0.2, 0) is 0 Å². The molecule has 3 rings (SSSR count). The van der Waals surface area contributed by atoms with Crippen molar-refractivity contribution in [3.63, 3.8) is 0 Å². The van der Waals surface area contributed by atoms with Crippen molar-refractivity contribution < 1.29 is 4.52 Å². The number of anilines is 1. The number of likely N-dealkylation sites (tertiary alicyclic amines) is 1. The first-order chi connectivity index (χ1) is 9.85. The molecule has 1 aromatic rings. The van der Waals surface area contributed by atoms with Crippen LogP contribution in [0.5, 0.6) is 0 Å². The molecule has 0 atom stereocenters. The minimum atomic E-state index is 0.562. The smallest absolute Gasteiger partial charge is 0.224 e. The average molecular weight is 275 g/mol. The van der Waals surface area contributed by atoms with Crippen molar-refractivity contribution >= 4 is 5.88 Å². The zero-order valence-corrected chi connectivity index (χ0v) is 12.4. The summed E-state index contributed by atoms with van der Waals surface area (Å²) in [4.78, 5) is 2.49. The predicted molar refractivity (Wildman–Crippen MR) is 80.8 cm³/mol. The summed E-state index contributed by atoms with van der Waals surface area (Å²) in [6, 6.07) is 2.08. The Labute approximate surface area is 121 Å². The van der Waals surface area contributed by atoms with Gasteiger partial charge in [-0.2, -0.15) is 0 Å². The summed E-state index contributed by atoms with van der Waals surface area (Å²) >= 11 is 0. The summed E-state index contributed by atoms with van der Waals surface area (Å²) in [5, 5.41) is 7.49. The van der Waals surface area contributed by atoms with Gasteiger partial charge < -0.3 is 14.7 Å². The third-order valence-electron chi connectivity index (χ3n) is 4.39. The van der Waals surface area contributed by atoms with Gasteiger partial charge in [-0.3, -0.25) is 0 Å². The summed E-state index contributed by atoms with van der Waals surface area (Å²) in [5.41, 5.74) is 2.76. The number of rotatable bonds is 5. The molecule has 1 saturated heterocycles. The van der Waals surface area contributed by atoms with Crippen molar-refractivity contribution in [2.24, 2.45) is 0 Å². The molecule has 110 valence electrons. The van der Waals surface area contributed by atoms with E-state index in [1.165, 1.54) is 32.1 Å². The highest BCUT2D eigenvalue weighted by Crippen LogP contribution is 2.31. The summed E-state index contributed by atoms with van der Waals surface area (Å²) in [5.74, 6) is 1.38. The van der Waals surface area contributed by atoms with Gasteiger partial charge in [-0.1, -0.05) is 17.7 Å². The van der Waals surface area contributed by atoms with Crippen molar-refractivity contribution in [2.45, 2.75) is 51.4 Å². The Hall–Kier alpha value is -1.45. The zero-order chi connectivity index (χ0) is 13.8. The van der Waals surface area contributed by atoms with Crippen LogP contribution in [0.1, 0.15) is 57.1 Å². The molecule has 1 aromatic heterocycles. The van der Waals surface area contributed by atoms with Crippen LogP contribution >= 0.6 is 0 Å². The topological polar surface area (TPSA) is 41.3 Å². The Bertz CT molecular complexity index is 452. The molecule has 0 aromatic carbocycles. The first-order valence-corrected chi connectivity index (χ1v) is 7.99. The van der Waals surface area contributed by atoms with E-state index in [9.17, 15) is 0 Å². The van der Waals surface area contributed by atoms with Gasteiger partial charge in [0.05, 0.1) is 5.69 Å². The van der Waals surface area contributed by atoms with Crippen LogP contribution in [0.3, 0.4) is 0 Å². The largest absolute Gasteiger partial charge is 0.377 e. The lowest BCUT2D eigenvalue weighted by molar-refractivity contribution is 0.272. The molecule has 4 nitrogen and oxygen atoms in total. The van der Waals surface area contributed by atoms with Crippen LogP contribution in [0.2, 0.25) is 0 Å². The Morgan fingerprint density at radius 2 is 2.20 bits per heavy atom. The van der Waals surface area contributed by atoms with Crippen LogP contribution in [0.15, 0.2) is 22.4 Å². The second-order valence-corrected chi connectivity index (χ2v) is 5.99. The molecule has 2 heterocycles. The van der Waals surface area contributed by atoms with Crippen LogP contribution in [0.4, 0.5) is 5.88 Å². The molecule has 20 heavy (non-hydrogen) atoms. The molecular formula is C16H25N3O. The third kappa shape index (κ3) is 3.17. The molecular weight excluding hydrogens is 250 g/mol. The summed E-state index contributed by atoms with van der Waals surface area (Å²) < 4.78 is 5.35. The molecule has 0 spiro atoms. The van der Waals surface area contributed by atoms with Gasteiger partial charge in [-0.05, 0) is 44.7 Å². The van der Waals surface area contributed by atoms with Gasteiger partial charge in [-0.25, -0.2) is 0 Å². The van der Waals surface area contributed by atoms with Crippen molar-refractivity contribution in [1.29, 1.82) is 0 Å². The molecule has 2 fully saturated rings. The van der Waals surface area contributed by atoms with E-state index >= 15 is 0 Å². The minimum absolute atomic E-state index is 0.562. The van der Waals surface area contributed by atoms with E-state index in [1.54, 1.807) is 5.57 Å². The molecule has 0 radical (unpaired) electrons. The molecule has 1 saturated carbocycles. The summed E-state index contributed by atoms with van der Waals surface area (Å²) in [6.07, 6.45) is 9.88. The van der Waals surface area contributed by atoms with Gasteiger partial charge in [0.2, 0.25) is 5.88 Å². The monoisotopic (exact) mass is 275 g/mol. The van der Waals surface area contributed by atoms with Crippen LogP contribution < -0.4 is 5.32 Å². The van der Waals surface area contributed by atoms with E-state index in [0.29, 0.717) is 5.92 Å². The van der Waals surface area contributed by atoms with Crippen molar-refractivity contribution in [3.05, 3.63) is 23.5 Å². The normalized spacial score (nSPS) is 19.9. The van der Waals surface area contributed by atoms with Gasteiger partial charge >= 0.3 is 0 Å². The number of piperidine rings is 1. The van der Waals surface area contributed by atoms with E-state index in [2.05, 4.69) is 34.6 Å². The van der Waals surface area contributed by atoms with Gasteiger partial charge in [0.25, 0.3) is 0 Å². The van der Waals surface area contributed by atoms with E-state index in [-0.39, 0.29) is 0 Å². The quantitative estimate of drug-likeness (QED) is 0.888. The van der Waals surface area contributed by atoms with Gasteiger partial charge in [0.1, 0.15) is 0 Å². The molecule has 1 aliphatic carbocycles. The fourth-order valence-corrected chi connectivity index (χ4v) is 2.91. The maximum Gasteiger partial charge on any atom is 0.224 e. The van der Waals surface area contributed by atoms with Crippen LogP contribution in [0.25, 0.3) is 0 Å². The molecule has 0 bridgehead atoms. The minimum Gasteiger partial charge on any atom is -0.377 e. The first kappa shape index (κ1) is 13.5. The number of nitrogens with one attached hydrogen (secondary N) is 1. The van der Waals surface area contributed by atoms with Crippen molar-refractivity contribution in [2.75, 3.05) is 25.0 Å². The lowest BCUT2D eigenvalue weighted by atomic mass is 9.91.